The molecule has 0 aliphatic rings. The molecule has 0 saturated heterocycles. The molecule has 0 radical (unpaired) electrons. The van der Waals surface area contributed by atoms with Crippen LogP contribution >= 0.6 is 0 Å². The Balaban J connectivity index is 2.65. The van der Waals surface area contributed by atoms with Gasteiger partial charge >= 0.3 is 5.97 Å². The minimum Gasteiger partial charge on any atom is -0.466 e. The molecular formula is C29H46N6O8. The fraction of sp³-hybridized carbons (Fsp3) is 0.552. The number of aliphatic hydroxyl groups excluding tert-OH is 2. The summed E-state index contributed by atoms with van der Waals surface area (Å²) >= 11 is 0. The molecule has 43 heavy (non-hydrogen) atoms. The maximum Gasteiger partial charge on any atom is 0.330 e. The van der Waals surface area contributed by atoms with Gasteiger partial charge in [0.25, 0.3) is 0 Å². The topological polar surface area (TPSA) is 221 Å². The largest absolute Gasteiger partial charge is 0.466 e. The van der Waals surface area contributed by atoms with Crippen molar-refractivity contribution in [3.8, 4) is 0 Å². The van der Waals surface area contributed by atoms with E-state index < -0.39 is 42.1 Å². The number of amides is 4. The van der Waals surface area contributed by atoms with Crippen LogP contribution in [0.5, 0.6) is 0 Å². The number of anilines is 1. The third kappa shape index (κ3) is 16.4. The van der Waals surface area contributed by atoms with Gasteiger partial charge in [-0.3, -0.25) is 30.2 Å². The number of esters is 1. The molecule has 0 aliphatic carbocycles. The zero-order valence-corrected chi connectivity index (χ0v) is 25.1. The minimum absolute atomic E-state index is 0.134. The third-order valence-electron chi connectivity index (χ3n) is 6.28. The summed E-state index contributed by atoms with van der Waals surface area (Å²) in [6, 6.07) is 4.81. The molecule has 9 N–H and O–H groups in total. The van der Waals surface area contributed by atoms with Gasteiger partial charge in [0.05, 0.1) is 13.7 Å². The normalized spacial score (nSPS) is 13.2. The maximum atomic E-state index is 13.2. The van der Waals surface area contributed by atoms with Crippen LogP contribution in [0.4, 0.5) is 5.69 Å². The molecule has 1 rings (SSSR count). The fourth-order valence-electron chi connectivity index (χ4n) is 3.86. The molecule has 1 aromatic rings. The Morgan fingerprint density at radius 3 is 2.23 bits per heavy atom. The van der Waals surface area contributed by atoms with E-state index in [2.05, 4.69) is 31.3 Å². The predicted molar refractivity (Wildman–Crippen MR) is 160 cm³/mol. The molecule has 3 atom stereocenters. The molecular weight excluding hydrogens is 560 g/mol. The quantitative estimate of drug-likeness (QED) is 0.0421. The van der Waals surface area contributed by atoms with E-state index in [0.29, 0.717) is 50.0 Å². The zero-order valence-electron chi connectivity index (χ0n) is 25.1. The van der Waals surface area contributed by atoms with Gasteiger partial charge in [0.1, 0.15) is 12.1 Å². The smallest absolute Gasteiger partial charge is 0.330 e. The van der Waals surface area contributed by atoms with Gasteiger partial charge in [0, 0.05) is 30.8 Å². The Hall–Kier alpha value is -3.85. The summed E-state index contributed by atoms with van der Waals surface area (Å²) in [6.07, 6.45) is 3.53. The van der Waals surface area contributed by atoms with Crippen LogP contribution in [0.2, 0.25) is 0 Å². The van der Waals surface area contributed by atoms with Gasteiger partial charge < -0.3 is 36.2 Å². The van der Waals surface area contributed by atoms with Gasteiger partial charge in [0.15, 0.2) is 6.35 Å². The first kappa shape index (κ1) is 37.2. The van der Waals surface area contributed by atoms with Crippen LogP contribution in [0.1, 0.15) is 57.9 Å². The molecule has 1 unspecified atom stereocenters. The van der Waals surface area contributed by atoms with Gasteiger partial charge in [-0.2, -0.15) is 0 Å². The van der Waals surface area contributed by atoms with Crippen molar-refractivity contribution < 1.29 is 38.9 Å². The van der Waals surface area contributed by atoms with E-state index >= 15 is 0 Å². The highest BCUT2D eigenvalue weighted by molar-refractivity contribution is 5.98. The number of unbranched alkanes of at least 4 members (excludes halogenated alkanes) is 2. The molecule has 1 aromatic carbocycles. The molecule has 0 spiro atoms. The highest BCUT2D eigenvalue weighted by Crippen LogP contribution is 2.12. The average Bonchev–Trinajstić information content (AvgIpc) is 2.97. The van der Waals surface area contributed by atoms with Crippen LogP contribution in [0.3, 0.4) is 0 Å². The zero-order chi connectivity index (χ0) is 32.2. The standard InChI is InChI=1S/C29H46N6O8/c1-19(2)26(35-24(38)9-5-4-6-16-31-23(37)14-15-25(39)43-3)28(41)34-22(8-7-17-32-29(30)42)27(40)33-21-12-10-20(18-36)11-13-21/h10-15,19,22,26,29,32,36,42H,4-9,16-18,30H2,1-3H3,(H,31,37)(H,33,40)(H,34,41)(H,35,38)/b15-14-/t22-,26-,29?/m0/s1. The average molecular weight is 607 g/mol. The van der Waals surface area contributed by atoms with E-state index in [1.807, 2.05) is 0 Å². The lowest BCUT2D eigenvalue weighted by Crippen LogP contribution is -2.54. The van der Waals surface area contributed by atoms with Crippen molar-refractivity contribution in [3.63, 3.8) is 0 Å². The van der Waals surface area contributed by atoms with Gasteiger partial charge in [-0.05, 0) is 55.8 Å². The second kappa shape index (κ2) is 20.9. The highest BCUT2D eigenvalue weighted by Gasteiger charge is 2.28. The Morgan fingerprint density at radius 1 is 0.930 bits per heavy atom. The summed E-state index contributed by atoms with van der Waals surface area (Å²) in [7, 11) is 1.21. The second-order valence-electron chi connectivity index (χ2n) is 10.2. The number of nitrogens with one attached hydrogen (secondary N) is 5. The SMILES string of the molecule is COC(=O)/C=C\C(=O)NCCCCCC(=O)N[C@H](C(=O)N[C@@H](CCCNC(N)O)C(=O)Nc1ccc(CO)cc1)C(C)C. The molecule has 4 amide bonds. The number of methoxy groups -OCH3 is 1. The highest BCUT2D eigenvalue weighted by atomic mass is 16.5. The van der Waals surface area contributed by atoms with Crippen molar-refractivity contribution in [3.05, 3.63) is 42.0 Å². The Labute approximate surface area is 252 Å². The molecule has 14 nitrogen and oxygen atoms in total. The van der Waals surface area contributed by atoms with E-state index in [-0.39, 0.29) is 31.3 Å². The van der Waals surface area contributed by atoms with E-state index in [1.165, 1.54) is 7.11 Å². The minimum atomic E-state index is -1.21. The predicted octanol–water partition coefficient (Wildman–Crippen LogP) is -0.247. The molecule has 14 heteroatoms. The van der Waals surface area contributed by atoms with Crippen LogP contribution in [-0.4, -0.2) is 78.4 Å². The monoisotopic (exact) mass is 606 g/mol. The lowest BCUT2D eigenvalue weighted by Gasteiger charge is -2.25. The summed E-state index contributed by atoms with van der Waals surface area (Å²) < 4.78 is 4.42. The lowest BCUT2D eigenvalue weighted by atomic mass is 10.0. The second-order valence-corrected chi connectivity index (χ2v) is 10.2. The first-order valence-electron chi connectivity index (χ1n) is 14.3. The number of nitrogens with two attached hydrogens (primary N) is 1. The van der Waals surface area contributed by atoms with Gasteiger partial charge in [0.2, 0.25) is 23.6 Å². The molecule has 0 aliphatic heterocycles. The van der Waals surface area contributed by atoms with Crippen LogP contribution in [-0.2, 0) is 35.3 Å². The fourth-order valence-corrected chi connectivity index (χ4v) is 3.86. The summed E-state index contributed by atoms with van der Waals surface area (Å²) in [4.78, 5) is 61.6. The van der Waals surface area contributed by atoms with Crippen LogP contribution < -0.4 is 32.3 Å². The summed E-state index contributed by atoms with van der Waals surface area (Å²) in [5.74, 6) is -2.59. The van der Waals surface area contributed by atoms with Gasteiger partial charge in [-0.1, -0.05) is 32.4 Å². The third-order valence-corrected chi connectivity index (χ3v) is 6.28. The first-order chi connectivity index (χ1) is 20.5. The van der Waals surface area contributed by atoms with E-state index in [9.17, 15) is 34.2 Å². The summed E-state index contributed by atoms with van der Waals surface area (Å²) in [6.45, 7) is 4.11. The number of carbonyl (C=O) groups is 5. The van der Waals surface area contributed by atoms with Crippen molar-refractivity contribution in [2.24, 2.45) is 11.7 Å². The Morgan fingerprint density at radius 2 is 1.63 bits per heavy atom. The van der Waals surface area contributed by atoms with Crippen LogP contribution in [0.15, 0.2) is 36.4 Å². The van der Waals surface area contributed by atoms with Crippen molar-refractivity contribution in [1.82, 2.24) is 21.3 Å². The molecule has 240 valence electrons. The van der Waals surface area contributed by atoms with E-state index in [4.69, 9.17) is 5.73 Å². The van der Waals surface area contributed by atoms with Crippen LogP contribution in [0, 0.1) is 5.92 Å². The van der Waals surface area contributed by atoms with E-state index in [0.717, 1.165) is 12.2 Å². The van der Waals surface area contributed by atoms with E-state index in [1.54, 1.807) is 38.1 Å². The molecule has 0 aromatic heterocycles. The number of hydrogen-bond donors (Lipinski definition) is 8. The Bertz CT molecular complexity index is 1060. The Kier molecular flexibility index (Phi) is 18.1. The van der Waals surface area contributed by atoms with Gasteiger partial charge in [-0.25, -0.2) is 4.79 Å². The van der Waals surface area contributed by atoms with Gasteiger partial charge in [-0.15, -0.1) is 0 Å². The number of carbonyl (C=O) groups excluding carboxylic acids is 5. The van der Waals surface area contributed by atoms with Crippen LogP contribution in [0.25, 0.3) is 0 Å². The molecule has 0 bridgehead atoms. The maximum absolute atomic E-state index is 13.2. The summed E-state index contributed by atoms with van der Waals surface area (Å²) in [5.41, 5.74) is 6.47. The molecule has 0 fully saturated rings. The summed E-state index contributed by atoms with van der Waals surface area (Å²) in [5, 5.41) is 32.0. The number of benzene rings is 1. The van der Waals surface area contributed by atoms with Crippen molar-refractivity contribution >= 4 is 35.3 Å². The lowest BCUT2D eigenvalue weighted by molar-refractivity contribution is -0.135. The number of ether oxygens (including phenoxy) is 1. The number of aliphatic hydroxyl groups is 2. The van der Waals surface area contributed by atoms with Crippen molar-refractivity contribution in [2.75, 3.05) is 25.5 Å². The van der Waals surface area contributed by atoms with Crippen molar-refractivity contribution in [2.45, 2.75) is 77.4 Å². The molecule has 0 saturated carbocycles. The molecule has 0 heterocycles. The van der Waals surface area contributed by atoms with Crippen molar-refractivity contribution in [1.29, 1.82) is 0 Å². The number of hydrogen-bond acceptors (Lipinski definition) is 10. The number of rotatable bonds is 20. The first-order valence-corrected chi connectivity index (χ1v) is 14.3.